The summed E-state index contributed by atoms with van der Waals surface area (Å²) in [6, 6.07) is 3.69. The van der Waals surface area contributed by atoms with Crippen molar-refractivity contribution in [2.45, 2.75) is 12.6 Å². The molecule has 15 heavy (non-hydrogen) atoms. The fourth-order valence-corrected chi connectivity index (χ4v) is 2.69. The van der Waals surface area contributed by atoms with E-state index in [-0.39, 0.29) is 5.01 Å². The van der Waals surface area contributed by atoms with Crippen LogP contribution in [-0.4, -0.2) is 11.2 Å². The van der Waals surface area contributed by atoms with Crippen molar-refractivity contribution in [1.29, 1.82) is 0 Å². The van der Waals surface area contributed by atoms with Crippen LogP contribution in [0.2, 0.25) is 0 Å². The molecule has 1 nitrogen and oxygen atoms in total. The third-order valence-electron chi connectivity index (χ3n) is 1.68. The van der Waals surface area contributed by atoms with Gasteiger partial charge >= 0.3 is 6.18 Å². The zero-order chi connectivity index (χ0) is 10.9. The molecule has 0 aliphatic rings. The van der Waals surface area contributed by atoms with Gasteiger partial charge in [-0.1, -0.05) is 6.07 Å². The van der Waals surface area contributed by atoms with Crippen molar-refractivity contribution >= 4 is 22.7 Å². The first-order valence-electron chi connectivity index (χ1n) is 4.09. The highest BCUT2D eigenvalue weighted by Gasteiger charge is 2.29. The predicted octanol–water partition coefficient (Wildman–Crippen LogP) is 3.98. The van der Waals surface area contributed by atoms with Crippen LogP contribution < -0.4 is 0 Å². The molecule has 0 N–H and O–H groups in total. The van der Waals surface area contributed by atoms with Gasteiger partial charge in [0.05, 0.1) is 17.0 Å². The van der Waals surface area contributed by atoms with E-state index in [4.69, 9.17) is 0 Å². The SMILES string of the molecule is FC(F)(F)Cc1nc(-c2cccs2)cs1. The number of halogens is 3. The molecule has 0 saturated carbocycles. The standard InChI is InChI=1S/C9H6F3NS2/c10-9(11,12)4-8-13-6(5-15-8)7-2-1-3-14-7/h1-3,5H,4H2. The summed E-state index contributed by atoms with van der Waals surface area (Å²) in [6.45, 7) is 0. The molecule has 0 saturated heterocycles. The van der Waals surface area contributed by atoms with E-state index >= 15 is 0 Å². The number of thiazole rings is 1. The summed E-state index contributed by atoms with van der Waals surface area (Å²) in [5.41, 5.74) is 0.634. The van der Waals surface area contributed by atoms with Crippen LogP contribution in [0.3, 0.4) is 0 Å². The lowest BCUT2D eigenvalue weighted by atomic mass is 10.4. The van der Waals surface area contributed by atoms with Gasteiger partial charge in [0, 0.05) is 5.38 Å². The van der Waals surface area contributed by atoms with Crippen LogP contribution in [0.15, 0.2) is 22.9 Å². The number of hydrogen-bond donors (Lipinski definition) is 0. The molecule has 2 rings (SSSR count). The minimum Gasteiger partial charge on any atom is -0.240 e. The Bertz CT molecular complexity index is 430. The maximum absolute atomic E-state index is 12.1. The van der Waals surface area contributed by atoms with Crippen LogP contribution in [0.5, 0.6) is 0 Å². The summed E-state index contributed by atoms with van der Waals surface area (Å²) in [5, 5.41) is 3.65. The predicted molar refractivity (Wildman–Crippen MR) is 55.2 cm³/mol. The first kappa shape index (κ1) is 10.6. The summed E-state index contributed by atoms with van der Waals surface area (Å²) in [7, 11) is 0. The minimum atomic E-state index is -4.18. The lowest BCUT2D eigenvalue weighted by Crippen LogP contribution is -2.11. The van der Waals surface area contributed by atoms with Gasteiger partial charge in [-0.05, 0) is 11.4 Å². The quantitative estimate of drug-likeness (QED) is 0.784. The second kappa shape index (κ2) is 3.94. The van der Waals surface area contributed by atoms with Gasteiger partial charge in [0.15, 0.2) is 0 Å². The van der Waals surface area contributed by atoms with Crippen LogP contribution >= 0.6 is 22.7 Å². The van der Waals surface area contributed by atoms with E-state index in [9.17, 15) is 13.2 Å². The summed E-state index contributed by atoms with van der Waals surface area (Å²) >= 11 is 2.52. The minimum absolute atomic E-state index is 0.117. The van der Waals surface area contributed by atoms with Crippen molar-refractivity contribution in [3.63, 3.8) is 0 Å². The van der Waals surface area contributed by atoms with Crippen LogP contribution in [0.1, 0.15) is 5.01 Å². The lowest BCUT2D eigenvalue weighted by molar-refractivity contribution is -0.127. The molecule has 0 amide bonds. The Morgan fingerprint density at radius 3 is 2.67 bits per heavy atom. The van der Waals surface area contributed by atoms with Crippen molar-refractivity contribution in [1.82, 2.24) is 4.98 Å². The molecule has 0 atom stereocenters. The Morgan fingerprint density at radius 2 is 2.07 bits per heavy atom. The third kappa shape index (κ3) is 2.79. The van der Waals surface area contributed by atoms with Gasteiger partial charge < -0.3 is 0 Å². The van der Waals surface area contributed by atoms with Gasteiger partial charge in [0.1, 0.15) is 5.01 Å². The topological polar surface area (TPSA) is 12.9 Å². The Balaban J connectivity index is 2.18. The highest BCUT2D eigenvalue weighted by Crippen LogP contribution is 2.29. The van der Waals surface area contributed by atoms with Crippen molar-refractivity contribution in [3.8, 4) is 10.6 Å². The van der Waals surface area contributed by atoms with Gasteiger partial charge in [0.25, 0.3) is 0 Å². The normalized spacial score (nSPS) is 11.9. The van der Waals surface area contributed by atoms with E-state index in [1.165, 1.54) is 11.3 Å². The van der Waals surface area contributed by atoms with Gasteiger partial charge in [-0.15, -0.1) is 22.7 Å². The fraction of sp³-hybridized carbons (Fsp3) is 0.222. The van der Waals surface area contributed by atoms with Crippen LogP contribution in [0.4, 0.5) is 13.2 Å². The molecule has 2 aromatic rings. The van der Waals surface area contributed by atoms with Gasteiger partial charge in [-0.2, -0.15) is 13.2 Å². The molecule has 0 bridgehead atoms. The molecule has 0 unspecified atom stereocenters. The highest BCUT2D eigenvalue weighted by atomic mass is 32.1. The average Bonchev–Trinajstić information content (AvgIpc) is 2.68. The molecule has 0 fully saturated rings. The summed E-state index contributed by atoms with van der Waals surface area (Å²) in [4.78, 5) is 4.85. The largest absolute Gasteiger partial charge is 0.395 e. The second-order valence-electron chi connectivity index (χ2n) is 2.90. The number of nitrogens with zero attached hydrogens (tertiary/aromatic N) is 1. The number of hydrogen-bond acceptors (Lipinski definition) is 3. The van der Waals surface area contributed by atoms with Crippen molar-refractivity contribution < 1.29 is 13.2 Å². The van der Waals surface area contributed by atoms with E-state index in [0.29, 0.717) is 5.69 Å². The number of rotatable bonds is 2. The smallest absolute Gasteiger partial charge is 0.240 e. The Labute approximate surface area is 92.2 Å². The summed E-state index contributed by atoms with van der Waals surface area (Å²) < 4.78 is 36.2. The van der Waals surface area contributed by atoms with Crippen LogP contribution in [0.25, 0.3) is 10.6 Å². The van der Waals surface area contributed by atoms with E-state index in [1.54, 1.807) is 5.38 Å². The highest BCUT2D eigenvalue weighted by molar-refractivity contribution is 7.14. The van der Waals surface area contributed by atoms with Gasteiger partial charge in [-0.3, -0.25) is 0 Å². The maximum Gasteiger partial charge on any atom is 0.395 e. The van der Waals surface area contributed by atoms with Gasteiger partial charge in [-0.25, -0.2) is 4.98 Å². The molecule has 0 spiro atoms. The average molecular weight is 249 g/mol. The number of thiophene rings is 1. The van der Waals surface area contributed by atoms with Crippen molar-refractivity contribution in [3.05, 3.63) is 27.9 Å². The molecular weight excluding hydrogens is 243 g/mol. The molecule has 0 aliphatic heterocycles. The second-order valence-corrected chi connectivity index (χ2v) is 4.79. The number of aromatic nitrogens is 1. The van der Waals surface area contributed by atoms with Gasteiger partial charge in [0.2, 0.25) is 0 Å². The first-order valence-corrected chi connectivity index (χ1v) is 5.85. The summed E-state index contributed by atoms with van der Waals surface area (Å²) in [6.07, 6.45) is -5.12. The Morgan fingerprint density at radius 1 is 1.27 bits per heavy atom. The maximum atomic E-state index is 12.1. The molecule has 2 heterocycles. The van der Waals surface area contributed by atoms with Crippen LogP contribution in [0, 0.1) is 0 Å². The van der Waals surface area contributed by atoms with E-state index in [1.807, 2.05) is 17.5 Å². The molecule has 0 aliphatic carbocycles. The Kier molecular flexibility index (Phi) is 2.79. The Hall–Kier alpha value is -0.880. The molecule has 6 heteroatoms. The summed E-state index contributed by atoms with van der Waals surface area (Å²) in [5.74, 6) is 0. The van der Waals surface area contributed by atoms with E-state index in [2.05, 4.69) is 4.98 Å². The zero-order valence-corrected chi connectivity index (χ0v) is 9.05. The first-order chi connectivity index (χ1) is 7.04. The fourth-order valence-electron chi connectivity index (χ4n) is 1.10. The molecule has 80 valence electrons. The lowest BCUT2D eigenvalue weighted by Gasteiger charge is -2.01. The number of alkyl halides is 3. The zero-order valence-electron chi connectivity index (χ0n) is 7.41. The molecule has 0 aromatic carbocycles. The van der Waals surface area contributed by atoms with E-state index < -0.39 is 12.6 Å². The van der Waals surface area contributed by atoms with Crippen molar-refractivity contribution in [2.24, 2.45) is 0 Å². The monoisotopic (exact) mass is 249 g/mol. The molecular formula is C9H6F3NS2. The molecule has 0 radical (unpaired) electrons. The van der Waals surface area contributed by atoms with Crippen LogP contribution in [-0.2, 0) is 6.42 Å². The van der Waals surface area contributed by atoms with E-state index in [0.717, 1.165) is 16.2 Å². The third-order valence-corrected chi connectivity index (χ3v) is 3.42. The van der Waals surface area contributed by atoms with Crippen molar-refractivity contribution in [2.75, 3.05) is 0 Å². The molecule has 2 aromatic heterocycles.